The molecule has 2 aromatic rings. The maximum atomic E-state index is 14.2. The minimum absolute atomic E-state index is 0.0378. The molecule has 136 valence electrons. The van der Waals surface area contributed by atoms with Crippen LogP contribution in [-0.4, -0.2) is 29.1 Å². The summed E-state index contributed by atoms with van der Waals surface area (Å²) in [6.45, 7) is 0.851. The predicted molar refractivity (Wildman–Crippen MR) is 84.9 cm³/mol. The highest BCUT2D eigenvalue weighted by molar-refractivity contribution is 5.72. The fourth-order valence-electron chi connectivity index (χ4n) is 2.07. The Morgan fingerprint density at radius 3 is 2.92 bits per heavy atom. The summed E-state index contributed by atoms with van der Waals surface area (Å²) in [5.41, 5.74) is -0.630. The average molecular weight is 363 g/mol. The summed E-state index contributed by atoms with van der Waals surface area (Å²) in [5.74, 6) is -4.28. The molecule has 8 nitrogen and oxygen atoms in total. The number of ether oxygens (including phenoxy) is 1. The van der Waals surface area contributed by atoms with E-state index in [1.807, 2.05) is 6.07 Å². The highest BCUT2D eigenvalue weighted by atomic mass is 19.3. The average Bonchev–Trinajstić information content (AvgIpc) is 2.60. The molecule has 0 radical (unpaired) electrons. The van der Waals surface area contributed by atoms with Crippen molar-refractivity contribution in [3.63, 3.8) is 0 Å². The molecule has 1 N–H and O–H groups in total. The predicted octanol–water partition coefficient (Wildman–Crippen LogP) is 1.29. The van der Waals surface area contributed by atoms with Crippen molar-refractivity contribution in [1.82, 2.24) is 9.97 Å². The molecule has 0 atom stereocenters. The molecule has 0 spiro atoms. The molecule has 0 saturated heterocycles. The summed E-state index contributed by atoms with van der Waals surface area (Å²) in [5, 5.41) is 22.8. The first kappa shape index (κ1) is 19.0. The first-order valence-electron chi connectivity index (χ1n) is 7.59. The number of nitriles is 1. The smallest absolute Gasteiger partial charge is 0.347 e. The van der Waals surface area contributed by atoms with Gasteiger partial charge in [-0.3, -0.25) is 4.79 Å². The van der Waals surface area contributed by atoms with Crippen molar-refractivity contribution >= 4 is 11.9 Å². The van der Waals surface area contributed by atoms with Gasteiger partial charge in [0.2, 0.25) is 5.95 Å². The minimum Gasteiger partial charge on any atom is -0.618 e. The zero-order chi connectivity index (χ0) is 19.2. The first-order valence-corrected chi connectivity index (χ1v) is 7.59. The lowest BCUT2D eigenvalue weighted by Gasteiger charge is -2.16. The standard InChI is InChI=1S/C16H15F2N5O3/c1-2-26-14(24)7-12-11(8-19)9-20-15(22-12)21-10-16(17,18)13-5-3-4-6-23(13)25/h3-6,9H,2,7,10H2,1H3,(H,20,21,22). The van der Waals surface area contributed by atoms with E-state index in [9.17, 15) is 18.8 Å². The molecule has 2 heterocycles. The topological polar surface area (TPSA) is 115 Å². The molecule has 0 aromatic carbocycles. The van der Waals surface area contributed by atoms with Gasteiger partial charge in [-0.2, -0.15) is 18.8 Å². The lowest BCUT2D eigenvalue weighted by atomic mass is 10.2. The van der Waals surface area contributed by atoms with Gasteiger partial charge in [-0.05, 0) is 13.0 Å². The summed E-state index contributed by atoms with van der Waals surface area (Å²) in [6, 6.07) is 5.50. The molecule has 0 bridgehead atoms. The van der Waals surface area contributed by atoms with Crippen molar-refractivity contribution in [3.8, 4) is 6.07 Å². The van der Waals surface area contributed by atoms with Gasteiger partial charge in [0.1, 0.15) is 6.07 Å². The second-order valence-electron chi connectivity index (χ2n) is 5.12. The zero-order valence-corrected chi connectivity index (χ0v) is 13.8. The Bertz CT molecular complexity index is 839. The third-order valence-electron chi connectivity index (χ3n) is 3.27. The number of carbonyl (C=O) groups excluding carboxylic acids is 1. The molecule has 0 aliphatic heterocycles. The number of hydrogen-bond acceptors (Lipinski definition) is 7. The fraction of sp³-hybridized carbons (Fsp3) is 0.312. The quantitative estimate of drug-likeness (QED) is 0.448. The molecule has 0 saturated carbocycles. The molecule has 26 heavy (non-hydrogen) atoms. The minimum atomic E-state index is -3.48. The van der Waals surface area contributed by atoms with E-state index in [1.54, 1.807) is 6.92 Å². The third-order valence-corrected chi connectivity index (χ3v) is 3.27. The molecular weight excluding hydrogens is 348 g/mol. The van der Waals surface area contributed by atoms with Gasteiger partial charge in [-0.15, -0.1) is 0 Å². The molecular formula is C16H15F2N5O3. The maximum absolute atomic E-state index is 14.2. The number of nitrogens with zero attached hydrogens (tertiary/aromatic N) is 4. The molecule has 2 rings (SSSR count). The largest absolute Gasteiger partial charge is 0.618 e. The summed E-state index contributed by atoms with van der Waals surface area (Å²) in [7, 11) is 0. The van der Waals surface area contributed by atoms with E-state index in [1.165, 1.54) is 12.1 Å². The summed E-state index contributed by atoms with van der Waals surface area (Å²) >= 11 is 0. The molecule has 0 aliphatic rings. The number of rotatable bonds is 7. The van der Waals surface area contributed by atoms with E-state index >= 15 is 0 Å². The Hall–Kier alpha value is -3.35. The molecule has 10 heteroatoms. The van der Waals surface area contributed by atoms with Crippen LogP contribution in [0.1, 0.15) is 23.9 Å². The van der Waals surface area contributed by atoms with Crippen molar-refractivity contribution in [2.24, 2.45) is 0 Å². The van der Waals surface area contributed by atoms with Gasteiger partial charge in [-0.25, -0.2) is 9.97 Å². The van der Waals surface area contributed by atoms with Crippen LogP contribution in [0.4, 0.5) is 14.7 Å². The molecule has 0 amide bonds. The van der Waals surface area contributed by atoms with Crippen molar-refractivity contribution in [3.05, 3.63) is 52.8 Å². The van der Waals surface area contributed by atoms with Crippen LogP contribution in [0.2, 0.25) is 0 Å². The number of carbonyl (C=O) groups is 1. The van der Waals surface area contributed by atoms with Crippen LogP contribution in [0.5, 0.6) is 0 Å². The second-order valence-corrected chi connectivity index (χ2v) is 5.12. The van der Waals surface area contributed by atoms with Crippen LogP contribution in [0.3, 0.4) is 0 Å². The molecule has 0 aliphatic carbocycles. The molecule has 0 unspecified atom stereocenters. The van der Waals surface area contributed by atoms with Crippen LogP contribution < -0.4 is 10.0 Å². The highest BCUT2D eigenvalue weighted by Crippen LogP contribution is 2.25. The monoisotopic (exact) mass is 363 g/mol. The Morgan fingerprint density at radius 1 is 1.50 bits per heavy atom. The number of alkyl halides is 2. The van der Waals surface area contributed by atoms with Gasteiger partial charge in [0.05, 0.1) is 37.0 Å². The van der Waals surface area contributed by atoms with Gasteiger partial charge in [-0.1, -0.05) is 0 Å². The van der Waals surface area contributed by atoms with E-state index in [-0.39, 0.29) is 35.0 Å². The molecule has 0 fully saturated rings. The van der Waals surface area contributed by atoms with Crippen molar-refractivity contribution in [2.75, 3.05) is 18.5 Å². The highest BCUT2D eigenvalue weighted by Gasteiger charge is 2.39. The summed E-state index contributed by atoms with van der Waals surface area (Å²) in [4.78, 5) is 19.3. The van der Waals surface area contributed by atoms with Crippen LogP contribution in [0, 0.1) is 16.5 Å². The van der Waals surface area contributed by atoms with Gasteiger partial charge in [0.25, 0.3) is 5.69 Å². The zero-order valence-electron chi connectivity index (χ0n) is 13.8. The van der Waals surface area contributed by atoms with E-state index in [0.29, 0.717) is 0 Å². The normalized spacial score (nSPS) is 10.8. The Morgan fingerprint density at radius 2 is 2.27 bits per heavy atom. The fourth-order valence-corrected chi connectivity index (χ4v) is 2.07. The van der Waals surface area contributed by atoms with Crippen LogP contribution in [0.25, 0.3) is 0 Å². The van der Waals surface area contributed by atoms with E-state index < -0.39 is 24.1 Å². The maximum Gasteiger partial charge on any atom is 0.347 e. The van der Waals surface area contributed by atoms with Crippen molar-refractivity contribution in [1.29, 1.82) is 5.26 Å². The second kappa shape index (κ2) is 8.15. The number of pyridine rings is 1. The number of aromatic nitrogens is 3. The van der Waals surface area contributed by atoms with Gasteiger partial charge < -0.3 is 15.3 Å². The van der Waals surface area contributed by atoms with Crippen LogP contribution >= 0.6 is 0 Å². The van der Waals surface area contributed by atoms with Gasteiger partial charge >= 0.3 is 11.9 Å². The van der Waals surface area contributed by atoms with Gasteiger partial charge in [0, 0.05) is 12.1 Å². The number of anilines is 1. The Kier molecular flexibility index (Phi) is 5.95. The summed E-state index contributed by atoms with van der Waals surface area (Å²) in [6.07, 6.45) is 1.81. The lowest BCUT2D eigenvalue weighted by Crippen LogP contribution is -2.41. The number of hydrogen-bond donors (Lipinski definition) is 1. The van der Waals surface area contributed by atoms with E-state index in [2.05, 4.69) is 15.3 Å². The van der Waals surface area contributed by atoms with E-state index in [4.69, 9.17) is 10.00 Å². The van der Waals surface area contributed by atoms with Crippen molar-refractivity contribution < 1.29 is 23.0 Å². The van der Waals surface area contributed by atoms with Gasteiger partial charge in [0.15, 0.2) is 6.20 Å². The van der Waals surface area contributed by atoms with Crippen LogP contribution in [-0.2, 0) is 21.9 Å². The SMILES string of the molecule is CCOC(=O)Cc1nc(NCC(F)(F)c2cccc[n+]2[O-])ncc1C#N. The molecule has 2 aromatic heterocycles. The number of nitrogens with one attached hydrogen (secondary N) is 1. The number of halogens is 2. The van der Waals surface area contributed by atoms with Crippen LogP contribution in [0.15, 0.2) is 30.6 Å². The number of esters is 1. The third kappa shape index (κ3) is 4.60. The Balaban J connectivity index is 2.16. The van der Waals surface area contributed by atoms with E-state index in [0.717, 1.165) is 18.5 Å². The first-order chi connectivity index (χ1) is 12.4. The van der Waals surface area contributed by atoms with Crippen molar-refractivity contribution in [2.45, 2.75) is 19.3 Å². The Labute approximate surface area is 147 Å². The summed E-state index contributed by atoms with van der Waals surface area (Å²) < 4.78 is 33.2. The lowest BCUT2D eigenvalue weighted by molar-refractivity contribution is -0.624.